The molecule has 17 heavy (non-hydrogen) atoms. The zero-order valence-electron chi connectivity index (χ0n) is 9.30. The van der Waals surface area contributed by atoms with E-state index in [1.165, 1.54) is 24.3 Å². The number of hydrogen-bond donors (Lipinski definition) is 2. The number of benzene rings is 1. The minimum absolute atomic E-state index is 0.0583. The molecule has 0 aromatic heterocycles. The van der Waals surface area contributed by atoms with Gasteiger partial charge in [-0.25, -0.2) is 13.1 Å². The number of phenolic OH excluding ortho intramolecular Hbond substituents is 1. The second-order valence-corrected chi connectivity index (χ2v) is 5.85. The number of hydrogen-bond acceptors (Lipinski definition) is 4. The molecule has 0 saturated carbocycles. The van der Waals surface area contributed by atoms with E-state index in [1.54, 1.807) is 0 Å². The van der Waals surface area contributed by atoms with Gasteiger partial charge in [-0.3, -0.25) is 0 Å². The summed E-state index contributed by atoms with van der Waals surface area (Å²) >= 11 is 0. The highest BCUT2D eigenvalue weighted by molar-refractivity contribution is 7.89. The standard InChI is InChI=1S/C11H15NO4S/c13-10-2-1-3-11(6-10)17(14,15)12-7-9-4-5-16-8-9/h1-3,6,9,12-13H,4-5,7-8H2. The zero-order valence-corrected chi connectivity index (χ0v) is 10.1. The molecule has 1 aliphatic rings. The summed E-state index contributed by atoms with van der Waals surface area (Å²) in [7, 11) is -3.54. The van der Waals surface area contributed by atoms with Crippen LogP contribution in [-0.2, 0) is 14.8 Å². The molecular weight excluding hydrogens is 242 g/mol. The Balaban J connectivity index is 2.03. The van der Waals surface area contributed by atoms with E-state index >= 15 is 0 Å². The average molecular weight is 257 g/mol. The third-order valence-corrected chi connectivity index (χ3v) is 4.14. The van der Waals surface area contributed by atoms with Gasteiger partial charge in [0.1, 0.15) is 5.75 Å². The van der Waals surface area contributed by atoms with Gasteiger partial charge in [0.15, 0.2) is 0 Å². The van der Waals surface area contributed by atoms with E-state index in [0.29, 0.717) is 19.8 Å². The molecule has 1 unspecified atom stereocenters. The number of sulfonamides is 1. The molecule has 5 nitrogen and oxygen atoms in total. The predicted octanol–water partition coefficient (Wildman–Crippen LogP) is 0.707. The fourth-order valence-corrected chi connectivity index (χ4v) is 2.86. The van der Waals surface area contributed by atoms with Gasteiger partial charge in [0.2, 0.25) is 10.0 Å². The number of aromatic hydroxyl groups is 1. The van der Waals surface area contributed by atoms with Crippen LogP contribution in [0.2, 0.25) is 0 Å². The molecule has 0 radical (unpaired) electrons. The highest BCUT2D eigenvalue weighted by Crippen LogP contribution is 2.17. The first-order chi connectivity index (χ1) is 8.08. The van der Waals surface area contributed by atoms with Crippen molar-refractivity contribution in [2.24, 2.45) is 5.92 Å². The van der Waals surface area contributed by atoms with Crippen molar-refractivity contribution in [3.8, 4) is 5.75 Å². The molecule has 0 spiro atoms. The summed E-state index contributed by atoms with van der Waals surface area (Å²) in [6.45, 7) is 1.67. The molecule has 1 aliphatic heterocycles. The summed E-state index contributed by atoms with van der Waals surface area (Å²) in [5.41, 5.74) is 0. The predicted molar refractivity (Wildman–Crippen MR) is 62.2 cm³/mol. The molecule has 0 amide bonds. The summed E-state index contributed by atoms with van der Waals surface area (Å²) < 4.78 is 31.5. The van der Waals surface area contributed by atoms with Gasteiger partial charge >= 0.3 is 0 Å². The van der Waals surface area contributed by atoms with Gasteiger partial charge < -0.3 is 9.84 Å². The van der Waals surface area contributed by atoms with Gasteiger partial charge in [0.25, 0.3) is 0 Å². The van der Waals surface area contributed by atoms with Crippen molar-refractivity contribution in [3.63, 3.8) is 0 Å². The van der Waals surface area contributed by atoms with Crippen LogP contribution >= 0.6 is 0 Å². The van der Waals surface area contributed by atoms with Crippen LogP contribution in [0.15, 0.2) is 29.2 Å². The van der Waals surface area contributed by atoms with Crippen molar-refractivity contribution in [3.05, 3.63) is 24.3 Å². The van der Waals surface area contributed by atoms with E-state index in [1.807, 2.05) is 0 Å². The molecule has 1 atom stereocenters. The van der Waals surface area contributed by atoms with Gasteiger partial charge in [-0.05, 0) is 30.5 Å². The average Bonchev–Trinajstić information content (AvgIpc) is 2.79. The summed E-state index contributed by atoms with van der Waals surface area (Å²) in [5.74, 6) is 0.180. The maximum Gasteiger partial charge on any atom is 0.240 e. The van der Waals surface area contributed by atoms with Gasteiger partial charge in [-0.15, -0.1) is 0 Å². The lowest BCUT2D eigenvalue weighted by atomic mass is 10.1. The van der Waals surface area contributed by atoms with Gasteiger partial charge in [-0.1, -0.05) is 6.07 Å². The van der Waals surface area contributed by atoms with Crippen LogP contribution in [0.25, 0.3) is 0 Å². The first-order valence-electron chi connectivity index (χ1n) is 5.44. The van der Waals surface area contributed by atoms with Crippen molar-refractivity contribution in [2.45, 2.75) is 11.3 Å². The largest absolute Gasteiger partial charge is 0.508 e. The molecule has 1 fully saturated rings. The third kappa shape index (κ3) is 3.18. The maximum atomic E-state index is 11.9. The topological polar surface area (TPSA) is 75.6 Å². The van der Waals surface area contributed by atoms with Crippen molar-refractivity contribution in [1.29, 1.82) is 0 Å². The third-order valence-electron chi connectivity index (χ3n) is 2.71. The van der Waals surface area contributed by atoms with E-state index in [-0.39, 0.29) is 16.6 Å². The molecule has 2 N–H and O–H groups in total. The number of ether oxygens (including phenoxy) is 1. The van der Waals surface area contributed by atoms with Crippen LogP contribution in [0.5, 0.6) is 5.75 Å². The molecule has 94 valence electrons. The Kier molecular flexibility index (Phi) is 3.66. The van der Waals surface area contributed by atoms with Crippen LogP contribution in [-0.4, -0.2) is 33.3 Å². The first kappa shape index (κ1) is 12.3. The van der Waals surface area contributed by atoms with Crippen LogP contribution < -0.4 is 4.72 Å². The molecule has 0 aliphatic carbocycles. The van der Waals surface area contributed by atoms with E-state index in [9.17, 15) is 13.5 Å². The lowest BCUT2D eigenvalue weighted by Crippen LogP contribution is -2.29. The Bertz CT molecular complexity index is 480. The zero-order chi connectivity index (χ0) is 12.3. The van der Waals surface area contributed by atoms with Crippen LogP contribution in [0.4, 0.5) is 0 Å². The summed E-state index contributed by atoms with van der Waals surface area (Å²) in [4.78, 5) is 0.0800. The normalized spacial score (nSPS) is 20.6. The lowest BCUT2D eigenvalue weighted by Gasteiger charge is -2.10. The molecule has 1 saturated heterocycles. The van der Waals surface area contributed by atoms with Crippen LogP contribution in [0.3, 0.4) is 0 Å². The molecule has 1 aromatic rings. The van der Waals surface area contributed by atoms with E-state index < -0.39 is 10.0 Å². The minimum atomic E-state index is -3.54. The highest BCUT2D eigenvalue weighted by atomic mass is 32.2. The molecule has 0 bridgehead atoms. The van der Waals surface area contributed by atoms with Crippen molar-refractivity contribution in [2.75, 3.05) is 19.8 Å². The molecule has 6 heteroatoms. The van der Waals surface area contributed by atoms with E-state index in [4.69, 9.17) is 4.74 Å². The van der Waals surface area contributed by atoms with Crippen molar-refractivity contribution >= 4 is 10.0 Å². The fourth-order valence-electron chi connectivity index (χ4n) is 1.71. The summed E-state index contributed by atoms with van der Waals surface area (Å²) in [6.07, 6.45) is 0.878. The Morgan fingerprint density at radius 3 is 2.94 bits per heavy atom. The highest BCUT2D eigenvalue weighted by Gasteiger charge is 2.20. The smallest absolute Gasteiger partial charge is 0.240 e. The maximum absolute atomic E-state index is 11.9. The fraction of sp³-hybridized carbons (Fsp3) is 0.455. The number of nitrogens with one attached hydrogen (secondary N) is 1. The van der Waals surface area contributed by atoms with E-state index in [2.05, 4.69) is 4.72 Å². The Morgan fingerprint density at radius 2 is 2.29 bits per heavy atom. The molecule has 1 aromatic carbocycles. The second-order valence-electron chi connectivity index (χ2n) is 4.08. The van der Waals surface area contributed by atoms with Gasteiger partial charge in [0.05, 0.1) is 11.5 Å². The Hall–Kier alpha value is -1.11. The van der Waals surface area contributed by atoms with E-state index in [0.717, 1.165) is 6.42 Å². The minimum Gasteiger partial charge on any atom is -0.508 e. The quantitative estimate of drug-likeness (QED) is 0.833. The van der Waals surface area contributed by atoms with Crippen molar-refractivity contribution in [1.82, 2.24) is 4.72 Å². The summed E-state index contributed by atoms with van der Waals surface area (Å²) in [5, 5.41) is 9.24. The second kappa shape index (κ2) is 5.03. The molecular formula is C11H15NO4S. The van der Waals surface area contributed by atoms with Gasteiger partial charge in [0, 0.05) is 13.2 Å². The molecule has 1 heterocycles. The van der Waals surface area contributed by atoms with Crippen LogP contribution in [0, 0.1) is 5.92 Å². The number of phenols is 1. The van der Waals surface area contributed by atoms with Crippen LogP contribution in [0.1, 0.15) is 6.42 Å². The monoisotopic (exact) mass is 257 g/mol. The molecule has 2 rings (SSSR count). The Morgan fingerprint density at radius 1 is 1.47 bits per heavy atom. The Labute approximate surface area is 100 Å². The summed E-state index contributed by atoms with van der Waals surface area (Å²) in [6, 6.07) is 5.62. The number of rotatable bonds is 4. The van der Waals surface area contributed by atoms with Gasteiger partial charge in [-0.2, -0.15) is 0 Å². The first-order valence-corrected chi connectivity index (χ1v) is 6.93. The van der Waals surface area contributed by atoms with Crippen molar-refractivity contribution < 1.29 is 18.3 Å². The lowest BCUT2D eigenvalue weighted by molar-refractivity contribution is 0.186. The SMILES string of the molecule is O=S(=O)(NCC1CCOC1)c1cccc(O)c1.